The number of rotatable bonds is 18. The van der Waals surface area contributed by atoms with Crippen LogP contribution in [0.2, 0.25) is 0 Å². The number of urea groups is 1. The predicted octanol–water partition coefficient (Wildman–Crippen LogP) is 8.95. The van der Waals surface area contributed by atoms with Gasteiger partial charge in [0.05, 0.1) is 51.3 Å². The number of amides is 5. The molecule has 1 aliphatic rings. The maximum Gasteiger partial charge on any atom is 0.324 e. The molecule has 0 unspecified atom stereocenters. The van der Waals surface area contributed by atoms with Gasteiger partial charge in [0.25, 0.3) is 0 Å². The summed E-state index contributed by atoms with van der Waals surface area (Å²) in [6.45, 7) is 14.9. The molecule has 5 heterocycles. The van der Waals surface area contributed by atoms with E-state index in [1.165, 1.54) is 4.90 Å². The van der Waals surface area contributed by atoms with E-state index in [-0.39, 0.29) is 49.8 Å². The van der Waals surface area contributed by atoms with Gasteiger partial charge in [0, 0.05) is 61.5 Å². The minimum atomic E-state index is -0.919. The van der Waals surface area contributed by atoms with Gasteiger partial charge in [0.2, 0.25) is 17.7 Å². The third-order valence-electron chi connectivity index (χ3n) is 12.1. The van der Waals surface area contributed by atoms with Crippen LogP contribution in [0.1, 0.15) is 84.2 Å². The van der Waals surface area contributed by atoms with Crippen LogP contribution in [-0.4, -0.2) is 97.8 Å². The van der Waals surface area contributed by atoms with Crippen LogP contribution in [0.3, 0.4) is 0 Å². The summed E-state index contributed by atoms with van der Waals surface area (Å²) >= 11 is 3.14. The molecule has 0 aliphatic carbocycles. The van der Waals surface area contributed by atoms with Crippen LogP contribution < -0.4 is 26.0 Å². The Morgan fingerprint density at radius 3 is 2.37 bits per heavy atom. The van der Waals surface area contributed by atoms with Gasteiger partial charge in [-0.3, -0.25) is 24.1 Å². The van der Waals surface area contributed by atoms with E-state index in [1.54, 1.807) is 28.7 Å². The van der Waals surface area contributed by atoms with Gasteiger partial charge in [-0.15, -0.1) is 11.3 Å². The number of β-amino-alcohol motifs (C(OH)–C–C–N with tert-alkyl or cyclic N) is 1. The highest BCUT2D eigenvalue weighted by atomic mass is 32.1. The number of thiazole rings is 2. The molecule has 0 spiro atoms. The van der Waals surface area contributed by atoms with Crippen LogP contribution in [0.4, 0.5) is 16.3 Å². The zero-order chi connectivity index (χ0) is 50.5. The molecule has 374 valence electrons. The van der Waals surface area contributed by atoms with Crippen LogP contribution in [0.15, 0.2) is 89.0 Å². The predicted molar refractivity (Wildman–Crippen MR) is 276 cm³/mol. The largest absolute Gasteiger partial charge is 0.494 e. The molecular weight excluding hydrogens is 943 g/mol. The lowest BCUT2D eigenvalue weighted by Gasteiger charge is -2.35. The number of imidazole rings is 1. The van der Waals surface area contributed by atoms with Gasteiger partial charge >= 0.3 is 6.03 Å². The van der Waals surface area contributed by atoms with Crippen LogP contribution in [0.25, 0.3) is 36.9 Å². The van der Waals surface area contributed by atoms with Gasteiger partial charge in [-0.1, -0.05) is 94.4 Å². The summed E-state index contributed by atoms with van der Waals surface area (Å²) in [4.78, 5) is 65.7. The van der Waals surface area contributed by atoms with Crippen LogP contribution in [0, 0.1) is 12.3 Å². The monoisotopic (exact) mass is 1000 g/mol. The highest BCUT2D eigenvalue weighted by molar-refractivity contribution is 7.23. The second kappa shape index (κ2) is 21.8. The average molecular weight is 1000 g/mol. The van der Waals surface area contributed by atoms with Gasteiger partial charge in [-0.25, -0.2) is 14.8 Å². The zero-order valence-electron chi connectivity index (χ0n) is 41.0. The van der Waals surface area contributed by atoms with Gasteiger partial charge < -0.3 is 40.0 Å². The number of aliphatic hydroxyl groups is 1. The topological polar surface area (TPSA) is 215 Å². The highest BCUT2D eigenvalue weighted by Gasteiger charge is 2.44. The molecule has 1 saturated heterocycles. The molecule has 3 aromatic carbocycles. The lowest BCUT2D eigenvalue weighted by Crippen LogP contribution is -2.57. The van der Waals surface area contributed by atoms with Crippen molar-refractivity contribution in [1.29, 1.82) is 0 Å². The normalized spacial score (nSPS) is 15.5. The fraction of sp³-hybridized carbons (Fsp3) is 0.404. The van der Waals surface area contributed by atoms with E-state index in [4.69, 9.17) is 19.0 Å². The number of anilines is 2. The Hall–Kier alpha value is -6.67. The van der Waals surface area contributed by atoms with Crippen LogP contribution in [0.5, 0.6) is 5.75 Å². The summed E-state index contributed by atoms with van der Waals surface area (Å²) in [5.41, 5.74) is 7.21. The summed E-state index contributed by atoms with van der Waals surface area (Å²) in [5, 5.41) is 25.9. The number of aliphatic hydroxyl groups excluding tert-OH is 1. The number of unbranched alkanes of at least 4 members (excludes halogenated alkanes) is 1. The molecule has 1 fully saturated rings. The number of likely N-dealkylation sites (tertiary alicyclic amines) is 1. The third-order valence-corrected chi connectivity index (χ3v) is 14.1. The van der Waals surface area contributed by atoms with Crippen molar-refractivity contribution in [2.75, 3.05) is 37.0 Å². The minimum Gasteiger partial charge on any atom is -0.494 e. The second-order valence-electron chi connectivity index (χ2n) is 19.9. The molecule has 8 rings (SSSR count). The Balaban J connectivity index is 0.737. The SMILES string of the molecule is Cc1ncsc1-c1ccc(CNC(=O)[C@@H]2C[C@@H](O)CN2C(=O)[C@@H](NC(=O)CCOCCCCOc2ccc3c(c2)sc2nc(-c4ccc(NC(=O)Nc5cc(C(C)(C)C)on5)cc4)cn23)C(C)(C)C)cc1. The standard InChI is InChI=1S/C52H61N9O8S2/c1-31-45(70-30-54-31)34-12-10-32(11-13-34)27-53-47(64)40-24-36(62)28-60(40)48(65)46(52(5,6)7)58-44(63)20-23-67-21-8-9-22-68-37-18-19-39-41(25-37)71-50-56-38(29-61(39)50)33-14-16-35(17-15-33)55-49(66)57-43-26-42(69-59-43)51(2,3)4/h10-19,25-26,29-30,36,40,46,62H,8-9,20-24,27-28H2,1-7H3,(H,53,64)(H,58,63)(H2,55,57,59,66)/t36-,40+,46-/m1/s1. The summed E-state index contributed by atoms with van der Waals surface area (Å²) in [5.74, 6) is 0.673. The Morgan fingerprint density at radius 1 is 0.915 bits per heavy atom. The van der Waals surface area contributed by atoms with Crippen molar-refractivity contribution < 1.29 is 38.3 Å². The number of nitrogens with one attached hydrogen (secondary N) is 4. The molecule has 0 radical (unpaired) electrons. The minimum absolute atomic E-state index is 0.00103. The highest BCUT2D eigenvalue weighted by Crippen LogP contribution is 2.33. The summed E-state index contributed by atoms with van der Waals surface area (Å²) < 4.78 is 20.3. The van der Waals surface area contributed by atoms with Crippen molar-refractivity contribution in [1.82, 2.24) is 35.1 Å². The quantitative estimate of drug-likeness (QED) is 0.0512. The lowest BCUT2D eigenvalue weighted by molar-refractivity contribution is -0.144. The molecule has 0 bridgehead atoms. The van der Waals surface area contributed by atoms with Crippen molar-refractivity contribution >= 4 is 73.1 Å². The maximum atomic E-state index is 14.0. The Kier molecular flexibility index (Phi) is 15.5. The van der Waals surface area contributed by atoms with Gasteiger partial charge in [0.1, 0.15) is 23.6 Å². The molecule has 71 heavy (non-hydrogen) atoms. The first-order valence-electron chi connectivity index (χ1n) is 23.7. The second-order valence-corrected chi connectivity index (χ2v) is 21.7. The first-order chi connectivity index (χ1) is 33.9. The van der Waals surface area contributed by atoms with Crippen molar-refractivity contribution in [3.05, 3.63) is 102 Å². The van der Waals surface area contributed by atoms with E-state index in [2.05, 4.69) is 35.8 Å². The number of aryl methyl sites for hydroxylation is 1. The van der Waals surface area contributed by atoms with E-state index in [0.29, 0.717) is 30.5 Å². The molecule has 7 aromatic rings. The van der Waals surface area contributed by atoms with Crippen LogP contribution in [-0.2, 0) is 31.1 Å². The fourth-order valence-corrected chi connectivity index (χ4v) is 10.0. The van der Waals surface area contributed by atoms with Crippen LogP contribution >= 0.6 is 22.7 Å². The first kappa shape index (κ1) is 50.7. The first-order valence-corrected chi connectivity index (χ1v) is 25.4. The fourth-order valence-electron chi connectivity index (χ4n) is 8.18. The zero-order valence-corrected chi connectivity index (χ0v) is 42.7. The van der Waals surface area contributed by atoms with E-state index in [0.717, 1.165) is 66.7 Å². The molecule has 5 N–H and O–H groups in total. The molecule has 19 heteroatoms. The smallest absolute Gasteiger partial charge is 0.324 e. The molecule has 4 aromatic heterocycles. The van der Waals surface area contributed by atoms with Crippen molar-refractivity contribution in [3.63, 3.8) is 0 Å². The number of nitrogens with zero attached hydrogens (tertiary/aromatic N) is 5. The number of hydrogen-bond donors (Lipinski definition) is 5. The van der Waals surface area contributed by atoms with Crippen molar-refractivity contribution in [2.45, 2.75) is 104 Å². The number of carbonyl (C=O) groups is 4. The molecule has 17 nitrogen and oxygen atoms in total. The van der Waals surface area contributed by atoms with E-state index < -0.39 is 35.5 Å². The Labute approximate surface area is 420 Å². The van der Waals surface area contributed by atoms with E-state index in [9.17, 15) is 24.3 Å². The summed E-state index contributed by atoms with van der Waals surface area (Å²) in [7, 11) is 0. The lowest BCUT2D eigenvalue weighted by atomic mass is 9.85. The molecule has 1 aliphatic heterocycles. The maximum absolute atomic E-state index is 14.0. The Morgan fingerprint density at radius 2 is 1.66 bits per heavy atom. The number of fused-ring (bicyclic) bond motifs is 3. The number of benzene rings is 3. The van der Waals surface area contributed by atoms with Gasteiger partial charge in [-0.2, -0.15) is 0 Å². The van der Waals surface area contributed by atoms with E-state index in [1.807, 2.05) is 127 Å². The average Bonchev–Trinajstić information content (AvgIpc) is 4.18. The molecule has 3 atom stereocenters. The molecular formula is C52H61N9O8S2. The van der Waals surface area contributed by atoms with Crippen molar-refractivity contribution in [2.24, 2.45) is 5.41 Å². The number of hydrogen-bond acceptors (Lipinski definition) is 13. The number of aromatic nitrogens is 4. The molecule has 5 amide bonds. The summed E-state index contributed by atoms with van der Waals surface area (Å²) in [6, 6.07) is 20.9. The summed E-state index contributed by atoms with van der Waals surface area (Å²) in [6.07, 6.45) is 2.79. The van der Waals surface area contributed by atoms with Crippen molar-refractivity contribution in [3.8, 4) is 27.4 Å². The number of carbonyl (C=O) groups excluding carboxylic acids is 4. The Bertz CT molecular complexity index is 2980. The van der Waals surface area contributed by atoms with E-state index >= 15 is 0 Å². The van der Waals surface area contributed by atoms with Gasteiger partial charge in [0.15, 0.2) is 10.8 Å². The van der Waals surface area contributed by atoms with Gasteiger partial charge in [-0.05, 0) is 66.6 Å². The molecule has 0 saturated carbocycles. The third kappa shape index (κ3) is 12.6. The number of ether oxygens (including phenoxy) is 2.